The van der Waals surface area contributed by atoms with Gasteiger partial charge >= 0.3 is 0 Å². The fraction of sp³-hybridized carbons (Fsp3) is 0.200. The van der Waals surface area contributed by atoms with E-state index in [9.17, 15) is 4.79 Å². The van der Waals surface area contributed by atoms with E-state index in [0.717, 1.165) is 5.56 Å². The Balaban J connectivity index is 2.26. The minimum Gasteiger partial charge on any atom is -0.332 e. The summed E-state index contributed by atoms with van der Waals surface area (Å²) in [6.07, 6.45) is 3.53. The topological polar surface area (TPSA) is 69.9 Å². The van der Waals surface area contributed by atoms with Crippen LogP contribution >= 0.6 is 23.2 Å². The summed E-state index contributed by atoms with van der Waals surface area (Å²) in [4.78, 5) is 22.1. The zero-order valence-electron chi connectivity index (χ0n) is 11.5. The van der Waals surface area contributed by atoms with Crippen molar-refractivity contribution in [3.05, 3.63) is 58.1 Å². The molecule has 2 aromatic heterocycles. The lowest BCUT2D eigenvalue weighted by molar-refractivity contribution is 0.0741. The minimum absolute atomic E-state index is 0.0796. The summed E-state index contributed by atoms with van der Waals surface area (Å²) in [6, 6.07) is 8.71. The van der Waals surface area contributed by atoms with E-state index >= 15 is 0 Å². The molecular weight excluding hydrogens is 323 g/mol. The molecule has 0 atom stereocenters. The molecular formula is C15H12Cl2N4O. The molecule has 22 heavy (non-hydrogen) atoms. The Kier molecular flexibility index (Phi) is 5.70. The van der Waals surface area contributed by atoms with E-state index in [2.05, 4.69) is 9.97 Å². The second-order valence-corrected chi connectivity index (χ2v) is 5.25. The van der Waals surface area contributed by atoms with Gasteiger partial charge in [-0.1, -0.05) is 29.3 Å². The molecule has 2 rings (SSSR count). The summed E-state index contributed by atoms with van der Waals surface area (Å²) in [5, 5.41) is 9.18. The lowest BCUT2D eigenvalue weighted by atomic mass is 10.2. The molecule has 2 aromatic rings. The van der Waals surface area contributed by atoms with E-state index in [1.54, 1.807) is 18.5 Å². The molecule has 0 saturated carbocycles. The molecule has 0 aliphatic heterocycles. The first-order chi connectivity index (χ1) is 10.6. The number of hydrogen-bond donors (Lipinski definition) is 0. The third-order valence-corrected chi connectivity index (χ3v) is 3.41. The lowest BCUT2D eigenvalue weighted by Gasteiger charge is -2.21. The average Bonchev–Trinajstić information content (AvgIpc) is 2.54. The van der Waals surface area contributed by atoms with Crippen molar-refractivity contribution in [1.82, 2.24) is 14.9 Å². The summed E-state index contributed by atoms with van der Waals surface area (Å²) >= 11 is 11.9. The summed E-state index contributed by atoms with van der Waals surface area (Å²) in [7, 11) is 0. The summed E-state index contributed by atoms with van der Waals surface area (Å²) in [5.74, 6) is -0.369. The van der Waals surface area contributed by atoms with Crippen molar-refractivity contribution in [2.24, 2.45) is 0 Å². The van der Waals surface area contributed by atoms with Crippen molar-refractivity contribution in [2.75, 3.05) is 6.54 Å². The number of carbonyl (C=O) groups excluding carboxylic acids is 1. The molecule has 0 aliphatic carbocycles. The number of pyridine rings is 2. The van der Waals surface area contributed by atoms with Crippen LogP contribution in [0.5, 0.6) is 0 Å². The van der Waals surface area contributed by atoms with Crippen molar-refractivity contribution in [3.8, 4) is 6.07 Å². The lowest BCUT2D eigenvalue weighted by Crippen LogP contribution is -2.32. The summed E-state index contributed by atoms with van der Waals surface area (Å²) < 4.78 is 0. The first-order valence-corrected chi connectivity index (χ1v) is 7.24. The highest BCUT2D eigenvalue weighted by atomic mass is 35.5. The van der Waals surface area contributed by atoms with Gasteiger partial charge in [0.2, 0.25) is 0 Å². The van der Waals surface area contributed by atoms with Crippen LogP contribution < -0.4 is 0 Å². The van der Waals surface area contributed by atoms with Crippen LogP contribution in [0, 0.1) is 11.3 Å². The Morgan fingerprint density at radius 1 is 1.32 bits per heavy atom. The number of nitrogens with zero attached hydrogens (tertiary/aromatic N) is 4. The van der Waals surface area contributed by atoms with E-state index in [-0.39, 0.29) is 34.7 Å². The Labute approximate surface area is 138 Å². The Bertz CT molecular complexity index is 700. The largest absolute Gasteiger partial charge is 0.332 e. The van der Waals surface area contributed by atoms with Gasteiger partial charge in [-0.3, -0.25) is 9.78 Å². The Hall–Kier alpha value is -2.16. The van der Waals surface area contributed by atoms with Gasteiger partial charge in [-0.15, -0.1) is 0 Å². The molecule has 0 N–H and O–H groups in total. The molecule has 5 nitrogen and oxygen atoms in total. The van der Waals surface area contributed by atoms with Crippen molar-refractivity contribution in [3.63, 3.8) is 0 Å². The number of nitriles is 1. The molecule has 0 aromatic carbocycles. The SMILES string of the molecule is N#CCCN(Cc1cccnc1)C(=O)c1nc(Cl)ccc1Cl. The molecule has 0 spiro atoms. The van der Waals surface area contributed by atoms with Crippen molar-refractivity contribution in [1.29, 1.82) is 5.26 Å². The molecule has 112 valence electrons. The van der Waals surface area contributed by atoms with Gasteiger partial charge in [0.15, 0.2) is 0 Å². The minimum atomic E-state index is -0.369. The fourth-order valence-electron chi connectivity index (χ4n) is 1.87. The van der Waals surface area contributed by atoms with E-state index in [1.807, 2.05) is 12.1 Å². The van der Waals surface area contributed by atoms with Gasteiger partial charge in [-0.05, 0) is 23.8 Å². The Morgan fingerprint density at radius 2 is 2.14 bits per heavy atom. The number of carbonyl (C=O) groups is 1. The molecule has 1 amide bonds. The van der Waals surface area contributed by atoms with Crippen LogP contribution in [0.15, 0.2) is 36.7 Å². The van der Waals surface area contributed by atoms with E-state index in [1.165, 1.54) is 17.0 Å². The molecule has 0 unspecified atom stereocenters. The number of hydrogen-bond acceptors (Lipinski definition) is 4. The van der Waals surface area contributed by atoms with Gasteiger partial charge < -0.3 is 4.90 Å². The molecule has 2 heterocycles. The van der Waals surface area contributed by atoms with Gasteiger partial charge in [0, 0.05) is 25.5 Å². The fourth-order valence-corrected chi connectivity index (χ4v) is 2.20. The molecule has 0 fully saturated rings. The van der Waals surface area contributed by atoms with Crippen LogP contribution in [0.25, 0.3) is 0 Å². The monoisotopic (exact) mass is 334 g/mol. The summed E-state index contributed by atoms with van der Waals surface area (Å²) in [6.45, 7) is 0.591. The zero-order valence-corrected chi connectivity index (χ0v) is 13.1. The first kappa shape index (κ1) is 16.2. The third kappa shape index (κ3) is 4.17. The first-order valence-electron chi connectivity index (χ1n) is 6.49. The van der Waals surface area contributed by atoms with Gasteiger partial charge in [0.05, 0.1) is 17.5 Å². The maximum Gasteiger partial charge on any atom is 0.274 e. The molecule has 0 radical (unpaired) electrons. The van der Waals surface area contributed by atoms with Gasteiger partial charge in [0.25, 0.3) is 5.91 Å². The van der Waals surface area contributed by atoms with Crippen molar-refractivity contribution in [2.45, 2.75) is 13.0 Å². The second kappa shape index (κ2) is 7.74. The number of rotatable bonds is 5. The van der Waals surface area contributed by atoms with E-state index in [0.29, 0.717) is 6.54 Å². The number of aromatic nitrogens is 2. The maximum absolute atomic E-state index is 12.6. The van der Waals surface area contributed by atoms with Crippen LogP contribution in [0.2, 0.25) is 10.2 Å². The van der Waals surface area contributed by atoms with Gasteiger partial charge in [-0.25, -0.2) is 4.98 Å². The second-order valence-electron chi connectivity index (χ2n) is 4.46. The molecule has 0 aliphatic rings. The molecule has 0 bridgehead atoms. The highest BCUT2D eigenvalue weighted by Gasteiger charge is 2.20. The van der Waals surface area contributed by atoms with Crippen LogP contribution in [-0.4, -0.2) is 27.3 Å². The van der Waals surface area contributed by atoms with Crippen LogP contribution in [0.4, 0.5) is 0 Å². The quantitative estimate of drug-likeness (QED) is 0.786. The third-order valence-electron chi connectivity index (χ3n) is 2.89. The maximum atomic E-state index is 12.6. The van der Waals surface area contributed by atoms with Crippen molar-refractivity contribution < 1.29 is 4.79 Å². The van der Waals surface area contributed by atoms with Crippen LogP contribution in [0.3, 0.4) is 0 Å². The number of amides is 1. The van der Waals surface area contributed by atoms with Crippen LogP contribution in [0.1, 0.15) is 22.5 Å². The van der Waals surface area contributed by atoms with Gasteiger partial charge in [0.1, 0.15) is 10.8 Å². The highest BCUT2D eigenvalue weighted by Crippen LogP contribution is 2.19. The highest BCUT2D eigenvalue weighted by molar-refractivity contribution is 6.34. The predicted molar refractivity (Wildman–Crippen MR) is 83.5 cm³/mol. The normalized spacial score (nSPS) is 10.0. The molecule has 7 heteroatoms. The molecule has 0 saturated heterocycles. The summed E-state index contributed by atoms with van der Waals surface area (Å²) in [5.41, 5.74) is 0.933. The zero-order chi connectivity index (χ0) is 15.9. The van der Waals surface area contributed by atoms with Crippen molar-refractivity contribution >= 4 is 29.1 Å². The van der Waals surface area contributed by atoms with E-state index in [4.69, 9.17) is 28.5 Å². The van der Waals surface area contributed by atoms with E-state index < -0.39 is 0 Å². The predicted octanol–water partition coefficient (Wildman–Crippen LogP) is 3.34. The number of halogens is 2. The smallest absolute Gasteiger partial charge is 0.274 e. The van der Waals surface area contributed by atoms with Gasteiger partial charge in [-0.2, -0.15) is 5.26 Å². The average molecular weight is 335 g/mol. The van der Waals surface area contributed by atoms with Crippen LogP contribution in [-0.2, 0) is 6.54 Å². The standard InChI is InChI=1S/C15H12Cl2N4O/c16-12-4-5-13(17)20-14(12)15(22)21(8-2-6-18)10-11-3-1-7-19-9-11/h1,3-5,7,9H,2,8,10H2. The Morgan fingerprint density at radius 3 is 2.82 bits per heavy atom.